The predicted molar refractivity (Wildman–Crippen MR) is 81.5 cm³/mol. The average molecular weight is 340 g/mol. The van der Waals surface area contributed by atoms with E-state index in [2.05, 4.69) is 26.6 Å². The lowest BCUT2D eigenvalue weighted by Crippen LogP contribution is -2.28. The second kappa shape index (κ2) is 6.59. The Kier molecular flexibility index (Phi) is 4.82. The smallest absolute Gasteiger partial charge is 0.319 e. The maximum absolute atomic E-state index is 11.7. The van der Waals surface area contributed by atoms with Crippen molar-refractivity contribution in [1.29, 1.82) is 0 Å². The van der Waals surface area contributed by atoms with Crippen LogP contribution in [0.15, 0.2) is 53.0 Å². The quantitative estimate of drug-likeness (QED) is 0.853. The molecule has 0 saturated heterocycles. The molecule has 0 radical (unpaired) electrons. The molecule has 2 N–H and O–H groups in total. The van der Waals surface area contributed by atoms with Crippen LogP contribution in [-0.2, 0) is 6.54 Å². The molecule has 2 aromatic rings. The standard InChI is InChI=1S/C14H12BrClN2O/c15-11-6-12(16)8-13(7-11)18-14(19)17-9-10-4-2-1-3-5-10/h1-8H,9H2,(H2,17,18,19). The van der Waals surface area contributed by atoms with Gasteiger partial charge in [-0.1, -0.05) is 57.9 Å². The van der Waals surface area contributed by atoms with Crippen molar-refractivity contribution < 1.29 is 4.79 Å². The fourth-order valence-corrected chi connectivity index (χ4v) is 2.44. The van der Waals surface area contributed by atoms with Crippen LogP contribution in [0.4, 0.5) is 10.5 Å². The second-order valence-electron chi connectivity index (χ2n) is 3.95. The molecule has 2 amide bonds. The number of rotatable bonds is 3. The molecule has 0 saturated carbocycles. The summed E-state index contributed by atoms with van der Waals surface area (Å²) in [5.41, 5.74) is 1.69. The van der Waals surface area contributed by atoms with Gasteiger partial charge in [-0.25, -0.2) is 4.79 Å². The highest BCUT2D eigenvalue weighted by Crippen LogP contribution is 2.22. The highest BCUT2D eigenvalue weighted by Gasteiger charge is 2.03. The van der Waals surface area contributed by atoms with Gasteiger partial charge in [0, 0.05) is 21.7 Å². The van der Waals surface area contributed by atoms with Gasteiger partial charge >= 0.3 is 6.03 Å². The van der Waals surface area contributed by atoms with Crippen molar-refractivity contribution in [3.05, 3.63) is 63.6 Å². The van der Waals surface area contributed by atoms with E-state index in [1.54, 1.807) is 18.2 Å². The van der Waals surface area contributed by atoms with Crippen molar-refractivity contribution in [2.75, 3.05) is 5.32 Å². The fourth-order valence-electron chi connectivity index (χ4n) is 1.58. The second-order valence-corrected chi connectivity index (χ2v) is 5.30. The van der Waals surface area contributed by atoms with Gasteiger partial charge in [0.05, 0.1) is 0 Å². The van der Waals surface area contributed by atoms with E-state index in [1.165, 1.54) is 0 Å². The first-order valence-corrected chi connectivity index (χ1v) is 6.85. The first-order valence-electron chi connectivity index (χ1n) is 5.68. The summed E-state index contributed by atoms with van der Waals surface area (Å²) >= 11 is 9.23. The van der Waals surface area contributed by atoms with Gasteiger partial charge in [-0.2, -0.15) is 0 Å². The number of hydrogen-bond acceptors (Lipinski definition) is 1. The molecule has 2 rings (SSSR count). The first kappa shape index (κ1) is 13.9. The summed E-state index contributed by atoms with van der Waals surface area (Å²) in [7, 11) is 0. The molecule has 3 nitrogen and oxygen atoms in total. The molecule has 0 aliphatic heterocycles. The van der Waals surface area contributed by atoms with Gasteiger partial charge in [-0.05, 0) is 23.8 Å². The molecule has 0 aromatic heterocycles. The van der Waals surface area contributed by atoms with Crippen LogP contribution in [0, 0.1) is 0 Å². The third-order valence-electron chi connectivity index (χ3n) is 2.42. The van der Waals surface area contributed by atoms with E-state index in [0.717, 1.165) is 10.0 Å². The molecule has 0 spiro atoms. The Balaban J connectivity index is 1.91. The van der Waals surface area contributed by atoms with E-state index in [4.69, 9.17) is 11.6 Å². The molecule has 5 heteroatoms. The molecule has 0 aliphatic rings. The van der Waals surface area contributed by atoms with Crippen LogP contribution in [0.5, 0.6) is 0 Å². The summed E-state index contributed by atoms with van der Waals surface area (Å²) < 4.78 is 0.818. The number of nitrogens with one attached hydrogen (secondary N) is 2. The lowest BCUT2D eigenvalue weighted by molar-refractivity contribution is 0.251. The zero-order valence-corrected chi connectivity index (χ0v) is 12.3. The molecular formula is C14H12BrClN2O. The molecule has 0 aliphatic carbocycles. The minimum absolute atomic E-state index is 0.266. The number of halogens is 2. The van der Waals surface area contributed by atoms with Crippen LogP contribution in [0.25, 0.3) is 0 Å². The number of urea groups is 1. The Bertz CT molecular complexity index is 555. The van der Waals surface area contributed by atoms with E-state index in [0.29, 0.717) is 17.3 Å². The Morgan fingerprint density at radius 1 is 1.16 bits per heavy atom. The number of carbonyl (C=O) groups is 1. The van der Waals surface area contributed by atoms with Gasteiger partial charge < -0.3 is 10.6 Å². The van der Waals surface area contributed by atoms with Crippen molar-refractivity contribution in [1.82, 2.24) is 5.32 Å². The van der Waals surface area contributed by atoms with Gasteiger partial charge in [0.15, 0.2) is 0 Å². The number of carbonyl (C=O) groups excluding carboxylic acids is 1. The third kappa shape index (κ3) is 4.58. The molecule has 0 heterocycles. The maximum atomic E-state index is 11.7. The van der Waals surface area contributed by atoms with Crippen LogP contribution in [0.2, 0.25) is 5.02 Å². The van der Waals surface area contributed by atoms with Gasteiger partial charge in [-0.15, -0.1) is 0 Å². The molecule has 0 bridgehead atoms. The average Bonchev–Trinajstić information content (AvgIpc) is 2.36. The van der Waals surface area contributed by atoms with E-state index < -0.39 is 0 Å². The lowest BCUT2D eigenvalue weighted by atomic mass is 10.2. The number of anilines is 1. The largest absolute Gasteiger partial charge is 0.334 e. The van der Waals surface area contributed by atoms with Crippen LogP contribution in [0.1, 0.15) is 5.56 Å². The van der Waals surface area contributed by atoms with Gasteiger partial charge in [0.25, 0.3) is 0 Å². The van der Waals surface area contributed by atoms with Crippen LogP contribution in [-0.4, -0.2) is 6.03 Å². The molecule has 0 fully saturated rings. The monoisotopic (exact) mass is 338 g/mol. The minimum Gasteiger partial charge on any atom is -0.334 e. The SMILES string of the molecule is O=C(NCc1ccccc1)Nc1cc(Cl)cc(Br)c1. The normalized spacial score (nSPS) is 10.0. The summed E-state index contributed by atoms with van der Waals surface area (Å²) in [5, 5.41) is 6.07. The Labute approximate surface area is 125 Å². The van der Waals surface area contributed by atoms with Crippen molar-refractivity contribution in [3.8, 4) is 0 Å². The summed E-state index contributed by atoms with van der Waals surface area (Å²) in [5.74, 6) is 0. The Morgan fingerprint density at radius 2 is 1.89 bits per heavy atom. The highest BCUT2D eigenvalue weighted by molar-refractivity contribution is 9.10. The molecule has 19 heavy (non-hydrogen) atoms. The van der Waals surface area contributed by atoms with E-state index >= 15 is 0 Å². The van der Waals surface area contributed by atoms with E-state index in [9.17, 15) is 4.79 Å². The van der Waals surface area contributed by atoms with Crippen LogP contribution < -0.4 is 10.6 Å². The zero-order valence-electron chi connectivity index (χ0n) is 9.99. The minimum atomic E-state index is -0.266. The van der Waals surface area contributed by atoms with Crippen molar-refractivity contribution in [3.63, 3.8) is 0 Å². The van der Waals surface area contributed by atoms with E-state index in [-0.39, 0.29) is 6.03 Å². The fraction of sp³-hybridized carbons (Fsp3) is 0.0714. The summed E-state index contributed by atoms with van der Waals surface area (Å²) in [4.78, 5) is 11.7. The summed E-state index contributed by atoms with van der Waals surface area (Å²) in [6.07, 6.45) is 0. The van der Waals surface area contributed by atoms with Crippen molar-refractivity contribution >= 4 is 39.2 Å². The molecule has 98 valence electrons. The van der Waals surface area contributed by atoms with Gasteiger partial charge in [0.1, 0.15) is 0 Å². The number of amides is 2. The predicted octanol–water partition coefficient (Wildman–Crippen LogP) is 4.42. The molecular weight excluding hydrogens is 328 g/mol. The Hall–Kier alpha value is -1.52. The van der Waals surface area contributed by atoms with Crippen molar-refractivity contribution in [2.24, 2.45) is 0 Å². The summed E-state index contributed by atoms with van der Waals surface area (Å²) in [6, 6.07) is 14.7. The highest BCUT2D eigenvalue weighted by atomic mass is 79.9. The molecule has 2 aromatic carbocycles. The summed E-state index contributed by atoms with van der Waals surface area (Å²) in [6.45, 7) is 0.481. The van der Waals surface area contributed by atoms with Gasteiger partial charge in [0.2, 0.25) is 0 Å². The number of hydrogen-bond donors (Lipinski definition) is 2. The molecule has 0 atom stereocenters. The van der Waals surface area contributed by atoms with E-state index in [1.807, 2.05) is 30.3 Å². The topological polar surface area (TPSA) is 41.1 Å². The first-order chi connectivity index (χ1) is 9.13. The lowest BCUT2D eigenvalue weighted by Gasteiger charge is -2.08. The van der Waals surface area contributed by atoms with Gasteiger partial charge in [-0.3, -0.25) is 0 Å². The maximum Gasteiger partial charge on any atom is 0.319 e. The number of benzene rings is 2. The van der Waals surface area contributed by atoms with Crippen molar-refractivity contribution in [2.45, 2.75) is 6.54 Å². The molecule has 0 unspecified atom stereocenters. The van der Waals surface area contributed by atoms with Crippen LogP contribution >= 0.6 is 27.5 Å². The third-order valence-corrected chi connectivity index (χ3v) is 3.09. The Morgan fingerprint density at radius 3 is 2.58 bits per heavy atom. The zero-order chi connectivity index (χ0) is 13.7. The van der Waals surface area contributed by atoms with Crippen LogP contribution in [0.3, 0.4) is 0 Å².